The van der Waals surface area contributed by atoms with Crippen LogP contribution in [0.5, 0.6) is 5.75 Å². The number of likely N-dealkylation sites (tertiary alicyclic amines) is 1. The minimum atomic E-state index is -0.0197. The lowest BCUT2D eigenvalue weighted by Gasteiger charge is -2.30. The van der Waals surface area contributed by atoms with Crippen LogP contribution in [0, 0.1) is 0 Å². The summed E-state index contributed by atoms with van der Waals surface area (Å²) in [7, 11) is 1.66. The molecule has 1 aliphatic rings. The minimum Gasteiger partial charge on any atom is -0.497 e. The highest BCUT2D eigenvalue weighted by atomic mass is 16.5. The summed E-state index contributed by atoms with van der Waals surface area (Å²) in [4.78, 5) is 19.3. The van der Waals surface area contributed by atoms with E-state index in [1.54, 1.807) is 13.3 Å². The number of amides is 1. The van der Waals surface area contributed by atoms with Crippen molar-refractivity contribution in [1.82, 2.24) is 20.1 Å². The SMILES string of the molecule is CCCCc1cc(C(=O)N2CCC[C@H](c3ncc(Cc4ccc(OC)cc4)o3)C2)n[nH]1. The van der Waals surface area contributed by atoms with Gasteiger partial charge < -0.3 is 14.1 Å². The Morgan fingerprint density at radius 1 is 1.32 bits per heavy atom. The molecule has 1 saturated heterocycles. The van der Waals surface area contributed by atoms with Crippen molar-refractivity contribution in [3.8, 4) is 5.75 Å². The van der Waals surface area contributed by atoms with Crippen molar-refractivity contribution < 1.29 is 13.9 Å². The van der Waals surface area contributed by atoms with Gasteiger partial charge in [0, 0.05) is 25.2 Å². The van der Waals surface area contributed by atoms with Crippen LogP contribution in [0.3, 0.4) is 0 Å². The highest BCUT2D eigenvalue weighted by molar-refractivity contribution is 5.92. The van der Waals surface area contributed by atoms with Crippen molar-refractivity contribution in [2.24, 2.45) is 0 Å². The largest absolute Gasteiger partial charge is 0.497 e. The Bertz CT molecular complexity index is 992. The second-order valence-corrected chi connectivity index (χ2v) is 8.16. The van der Waals surface area contributed by atoms with Crippen molar-refractivity contribution in [2.45, 2.75) is 51.4 Å². The molecule has 164 valence electrons. The second-order valence-electron chi connectivity index (χ2n) is 8.16. The van der Waals surface area contributed by atoms with Crippen LogP contribution in [0.15, 0.2) is 40.9 Å². The number of rotatable bonds is 8. The number of carbonyl (C=O) groups excluding carboxylic acids is 1. The quantitative estimate of drug-likeness (QED) is 0.583. The average molecular weight is 423 g/mol. The second kappa shape index (κ2) is 9.81. The monoisotopic (exact) mass is 422 g/mol. The molecule has 1 N–H and O–H groups in total. The maximum Gasteiger partial charge on any atom is 0.274 e. The zero-order valence-corrected chi connectivity index (χ0v) is 18.3. The fourth-order valence-corrected chi connectivity index (χ4v) is 4.03. The molecular weight excluding hydrogens is 392 g/mol. The highest BCUT2D eigenvalue weighted by Crippen LogP contribution is 2.28. The van der Waals surface area contributed by atoms with Crippen molar-refractivity contribution in [3.63, 3.8) is 0 Å². The predicted molar refractivity (Wildman–Crippen MR) is 117 cm³/mol. The van der Waals surface area contributed by atoms with Gasteiger partial charge in [0.2, 0.25) is 0 Å². The number of nitrogens with one attached hydrogen (secondary N) is 1. The number of methoxy groups -OCH3 is 1. The number of hydrogen-bond donors (Lipinski definition) is 1. The van der Waals surface area contributed by atoms with E-state index < -0.39 is 0 Å². The van der Waals surface area contributed by atoms with Crippen molar-refractivity contribution >= 4 is 5.91 Å². The molecule has 0 unspecified atom stereocenters. The molecule has 1 atom stereocenters. The van der Waals surface area contributed by atoms with E-state index in [1.807, 2.05) is 35.2 Å². The summed E-state index contributed by atoms with van der Waals surface area (Å²) in [6.07, 6.45) is 7.51. The van der Waals surface area contributed by atoms with Crippen molar-refractivity contribution in [1.29, 1.82) is 0 Å². The Morgan fingerprint density at radius 3 is 2.94 bits per heavy atom. The lowest BCUT2D eigenvalue weighted by Crippen LogP contribution is -2.39. The zero-order chi connectivity index (χ0) is 21.6. The van der Waals surface area contributed by atoms with E-state index >= 15 is 0 Å². The van der Waals surface area contributed by atoms with E-state index in [-0.39, 0.29) is 11.8 Å². The number of carbonyl (C=O) groups is 1. The summed E-state index contributed by atoms with van der Waals surface area (Å²) in [6, 6.07) is 9.83. The first kappa shape index (κ1) is 21.2. The zero-order valence-electron chi connectivity index (χ0n) is 18.3. The molecule has 0 aliphatic carbocycles. The van der Waals surface area contributed by atoms with Crippen LogP contribution in [0.4, 0.5) is 0 Å². The Kier molecular flexibility index (Phi) is 6.70. The van der Waals surface area contributed by atoms with Crippen LogP contribution in [-0.4, -0.2) is 46.2 Å². The topological polar surface area (TPSA) is 84.2 Å². The van der Waals surface area contributed by atoms with Gasteiger partial charge in [0.15, 0.2) is 5.89 Å². The Balaban J connectivity index is 1.38. The van der Waals surface area contributed by atoms with E-state index in [1.165, 1.54) is 0 Å². The fraction of sp³-hybridized carbons (Fsp3) is 0.458. The number of unbranched alkanes of at least 4 members (excludes halogenated alkanes) is 1. The van der Waals surface area contributed by atoms with Gasteiger partial charge in [0.1, 0.15) is 17.2 Å². The van der Waals surface area contributed by atoms with Crippen LogP contribution in [0.2, 0.25) is 0 Å². The molecular formula is C24H30N4O3. The van der Waals surface area contributed by atoms with Crippen LogP contribution >= 0.6 is 0 Å². The first-order chi connectivity index (χ1) is 15.2. The standard InChI is InChI=1S/C24H30N4O3/c1-3-4-7-19-14-22(27-26-19)24(29)28-12-5-6-18(16-28)23-25-15-21(31-23)13-17-8-10-20(30-2)11-9-17/h8-11,14-15,18H,3-7,12-13,16H2,1-2H3,(H,26,27)/t18-/m0/s1. The third kappa shape index (κ3) is 5.16. The number of piperidine rings is 1. The maximum atomic E-state index is 12.9. The number of H-pyrrole nitrogens is 1. The molecule has 2 aromatic heterocycles. The fourth-order valence-electron chi connectivity index (χ4n) is 4.03. The Hall–Kier alpha value is -3.09. The van der Waals surface area contributed by atoms with Crippen LogP contribution in [-0.2, 0) is 12.8 Å². The third-order valence-electron chi connectivity index (χ3n) is 5.82. The number of benzene rings is 1. The molecule has 1 fully saturated rings. The van der Waals surface area contributed by atoms with E-state index in [9.17, 15) is 4.79 Å². The summed E-state index contributed by atoms with van der Waals surface area (Å²) in [5, 5.41) is 7.24. The van der Waals surface area contributed by atoms with Gasteiger partial charge in [-0.05, 0) is 49.4 Å². The highest BCUT2D eigenvalue weighted by Gasteiger charge is 2.29. The Labute approximate surface area is 182 Å². The van der Waals surface area contributed by atoms with Gasteiger partial charge in [-0.1, -0.05) is 25.5 Å². The summed E-state index contributed by atoms with van der Waals surface area (Å²) in [5.41, 5.74) is 2.66. The maximum absolute atomic E-state index is 12.9. The summed E-state index contributed by atoms with van der Waals surface area (Å²) < 4.78 is 11.3. The molecule has 0 radical (unpaired) electrons. The minimum absolute atomic E-state index is 0.0197. The van der Waals surface area contributed by atoms with E-state index in [0.29, 0.717) is 24.6 Å². The first-order valence-corrected chi connectivity index (χ1v) is 11.1. The Morgan fingerprint density at radius 2 is 2.16 bits per heavy atom. The molecule has 1 amide bonds. The molecule has 4 rings (SSSR count). The number of ether oxygens (including phenoxy) is 1. The summed E-state index contributed by atoms with van der Waals surface area (Å²) in [5.74, 6) is 2.47. The lowest BCUT2D eigenvalue weighted by atomic mass is 9.97. The molecule has 0 spiro atoms. The first-order valence-electron chi connectivity index (χ1n) is 11.1. The van der Waals surface area contributed by atoms with E-state index in [0.717, 1.165) is 61.4 Å². The molecule has 1 aliphatic heterocycles. The van der Waals surface area contributed by atoms with Crippen LogP contribution < -0.4 is 4.74 Å². The van der Waals surface area contributed by atoms with Gasteiger partial charge in [-0.3, -0.25) is 9.89 Å². The molecule has 7 heteroatoms. The number of aromatic nitrogens is 3. The van der Waals surface area contributed by atoms with E-state index in [4.69, 9.17) is 9.15 Å². The predicted octanol–water partition coefficient (Wildman–Crippen LogP) is 4.36. The number of hydrogen-bond acceptors (Lipinski definition) is 5. The summed E-state index contributed by atoms with van der Waals surface area (Å²) >= 11 is 0. The van der Waals surface area contributed by atoms with Gasteiger partial charge in [-0.2, -0.15) is 5.10 Å². The lowest BCUT2D eigenvalue weighted by molar-refractivity contribution is 0.0692. The number of aryl methyl sites for hydroxylation is 1. The van der Waals surface area contributed by atoms with Gasteiger partial charge in [0.05, 0.1) is 19.2 Å². The smallest absolute Gasteiger partial charge is 0.274 e. The van der Waals surface area contributed by atoms with Gasteiger partial charge >= 0.3 is 0 Å². The van der Waals surface area contributed by atoms with Gasteiger partial charge in [0.25, 0.3) is 5.91 Å². The molecule has 31 heavy (non-hydrogen) atoms. The number of oxazole rings is 1. The van der Waals surface area contributed by atoms with Crippen LogP contribution in [0.25, 0.3) is 0 Å². The van der Waals surface area contributed by atoms with Crippen molar-refractivity contribution in [3.05, 3.63) is 65.1 Å². The van der Waals surface area contributed by atoms with E-state index in [2.05, 4.69) is 22.1 Å². The van der Waals surface area contributed by atoms with Gasteiger partial charge in [-0.25, -0.2) is 4.98 Å². The normalized spacial score (nSPS) is 16.5. The summed E-state index contributed by atoms with van der Waals surface area (Å²) in [6.45, 7) is 3.51. The number of aromatic amines is 1. The van der Waals surface area contributed by atoms with Crippen molar-refractivity contribution in [2.75, 3.05) is 20.2 Å². The third-order valence-corrected chi connectivity index (χ3v) is 5.82. The van der Waals surface area contributed by atoms with Gasteiger partial charge in [-0.15, -0.1) is 0 Å². The number of nitrogens with zero attached hydrogens (tertiary/aromatic N) is 3. The van der Waals surface area contributed by atoms with Crippen LogP contribution in [0.1, 0.15) is 71.9 Å². The molecule has 3 aromatic rings. The molecule has 0 bridgehead atoms. The molecule has 3 heterocycles. The molecule has 0 saturated carbocycles. The molecule has 1 aromatic carbocycles. The molecule has 7 nitrogen and oxygen atoms in total. The average Bonchev–Trinajstić information content (AvgIpc) is 3.48.